The van der Waals surface area contributed by atoms with Gasteiger partial charge < -0.3 is 15.8 Å². The molecule has 0 fully saturated rings. The zero-order valence-electron chi connectivity index (χ0n) is 18.1. The molecule has 13 heteroatoms. The van der Waals surface area contributed by atoms with E-state index >= 15 is 0 Å². The summed E-state index contributed by atoms with van der Waals surface area (Å²) in [4.78, 5) is 32.8. The van der Waals surface area contributed by atoms with Gasteiger partial charge in [-0.2, -0.15) is 18.3 Å². The summed E-state index contributed by atoms with van der Waals surface area (Å²) >= 11 is 1.13. The highest BCUT2D eigenvalue weighted by Crippen LogP contribution is 2.30. The van der Waals surface area contributed by atoms with E-state index < -0.39 is 18.7 Å². The van der Waals surface area contributed by atoms with Gasteiger partial charge in [0.25, 0.3) is 5.91 Å². The first kappa shape index (κ1) is 23.4. The molecule has 9 nitrogen and oxygen atoms in total. The van der Waals surface area contributed by atoms with Gasteiger partial charge in [0.1, 0.15) is 11.3 Å². The van der Waals surface area contributed by atoms with E-state index in [1.165, 1.54) is 28.9 Å². The highest BCUT2D eigenvalue weighted by atomic mass is 32.1. The standard InChI is InChI=1S/C21H19F3N6O3S/c1-10-13(11(2)30-19(27-10)14(8-26-30)18(25)32)4-6-17(31)29-20-28-15-5-3-12(7-16(15)34-20)33-9-21(22,23)24/h3,5,7-8H,4,6,9H2,1-2H3,(H2,25,32)(H,28,29,31). The van der Waals surface area contributed by atoms with E-state index in [2.05, 4.69) is 20.4 Å². The predicted octanol–water partition coefficient (Wildman–Crippen LogP) is 3.57. The van der Waals surface area contributed by atoms with Crippen molar-refractivity contribution in [2.24, 2.45) is 5.73 Å². The van der Waals surface area contributed by atoms with Crippen molar-refractivity contribution in [3.8, 4) is 5.75 Å². The van der Waals surface area contributed by atoms with Crippen LogP contribution < -0.4 is 15.8 Å². The Bertz CT molecular complexity index is 1410. The lowest BCUT2D eigenvalue weighted by Gasteiger charge is -2.11. The van der Waals surface area contributed by atoms with Gasteiger partial charge in [-0.15, -0.1) is 0 Å². The maximum atomic E-state index is 12.5. The number of hydrogen-bond acceptors (Lipinski definition) is 7. The number of anilines is 1. The second-order valence-electron chi connectivity index (χ2n) is 7.52. The minimum absolute atomic E-state index is 0.0679. The quantitative estimate of drug-likeness (QED) is 0.406. The lowest BCUT2D eigenvalue weighted by Crippen LogP contribution is -2.19. The highest BCUT2D eigenvalue weighted by molar-refractivity contribution is 7.22. The molecule has 0 saturated heterocycles. The fraction of sp³-hybridized carbons (Fsp3) is 0.286. The van der Waals surface area contributed by atoms with Crippen molar-refractivity contribution in [3.63, 3.8) is 0 Å². The van der Waals surface area contributed by atoms with Crippen LogP contribution in [0.2, 0.25) is 0 Å². The van der Waals surface area contributed by atoms with Gasteiger partial charge in [-0.3, -0.25) is 9.59 Å². The van der Waals surface area contributed by atoms with Crippen LogP contribution in [0.25, 0.3) is 15.9 Å². The third-order valence-electron chi connectivity index (χ3n) is 5.08. The first-order valence-electron chi connectivity index (χ1n) is 10.1. The number of hydrogen-bond donors (Lipinski definition) is 2. The van der Waals surface area contributed by atoms with Crippen LogP contribution in [0.4, 0.5) is 18.3 Å². The first-order chi connectivity index (χ1) is 16.0. The predicted molar refractivity (Wildman–Crippen MR) is 119 cm³/mol. The molecule has 0 aliphatic heterocycles. The Hall–Kier alpha value is -3.74. The fourth-order valence-electron chi connectivity index (χ4n) is 3.48. The van der Waals surface area contributed by atoms with Gasteiger partial charge in [0.15, 0.2) is 17.4 Å². The van der Waals surface area contributed by atoms with Crippen LogP contribution in [0.1, 0.15) is 33.7 Å². The molecule has 0 radical (unpaired) electrons. The first-order valence-corrected chi connectivity index (χ1v) is 10.9. The molecule has 4 aromatic rings. The monoisotopic (exact) mass is 492 g/mol. The van der Waals surface area contributed by atoms with Gasteiger partial charge in [-0.05, 0) is 44.0 Å². The van der Waals surface area contributed by atoms with E-state index in [1.54, 1.807) is 6.92 Å². The smallest absolute Gasteiger partial charge is 0.422 e. The van der Waals surface area contributed by atoms with E-state index in [4.69, 9.17) is 10.5 Å². The molecule has 0 aliphatic carbocycles. The van der Waals surface area contributed by atoms with Gasteiger partial charge in [0.05, 0.1) is 16.4 Å². The molecule has 3 N–H and O–H groups in total. The summed E-state index contributed by atoms with van der Waals surface area (Å²) in [6, 6.07) is 4.38. The van der Waals surface area contributed by atoms with Gasteiger partial charge >= 0.3 is 6.18 Å². The van der Waals surface area contributed by atoms with Crippen LogP contribution in [0, 0.1) is 13.8 Å². The van der Waals surface area contributed by atoms with Crippen molar-refractivity contribution in [2.45, 2.75) is 32.9 Å². The number of alkyl halides is 3. The van der Waals surface area contributed by atoms with E-state index in [9.17, 15) is 22.8 Å². The number of thiazole rings is 1. The average Bonchev–Trinajstić information content (AvgIpc) is 3.34. The summed E-state index contributed by atoms with van der Waals surface area (Å²) < 4.78 is 43.9. The molecule has 0 spiro atoms. The molecular formula is C21H19F3N6O3S. The summed E-state index contributed by atoms with van der Waals surface area (Å²) in [5, 5.41) is 7.21. The molecule has 3 heterocycles. The van der Waals surface area contributed by atoms with E-state index in [0.29, 0.717) is 33.1 Å². The van der Waals surface area contributed by atoms with Crippen molar-refractivity contribution in [1.82, 2.24) is 19.6 Å². The summed E-state index contributed by atoms with van der Waals surface area (Å²) in [5.41, 5.74) is 8.70. The third kappa shape index (κ3) is 4.93. The van der Waals surface area contributed by atoms with Crippen LogP contribution in [0.3, 0.4) is 0 Å². The van der Waals surface area contributed by atoms with Gasteiger partial charge in [-0.1, -0.05) is 11.3 Å². The van der Waals surface area contributed by atoms with E-state index in [-0.39, 0.29) is 23.6 Å². The van der Waals surface area contributed by atoms with Gasteiger partial charge in [0, 0.05) is 17.8 Å². The van der Waals surface area contributed by atoms with Crippen molar-refractivity contribution in [2.75, 3.05) is 11.9 Å². The van der Waals surface area contributed by atoms with Gasteiger partial charge in [0.2, 0.25) is 5.91 Å². The number of halogens is 3. The number of nitrogens with zero attached hydrogens (tertiary/aromatic N) is 4. The van der Waals surface area contributed by atoms with E-state index in [1.807, 2.05) is 6.92 Å². The van der Waals surface area contributed by atoms with Crippen LogP contribution in [-0.4, -0.2) is 44.2 Å². The number of nitrogens with one attached hydrogen (secondary N) is 1. The molecule has 34 heavy (non-hydrogen) atoms. The maximum Gasteiger partial charge on any atom is 0.422 e. The second kappa shape index (κ2) is 8.89. The number of benzene rings is 1. The summed E-state index contributed by atoms with van der Waals surface area (Å²) in [6.45, 7) is 2.21. The number of carbonyl (C=O) groups excluding carboxylic acids is 2. The molecule has 1 aromatic carbocycles. The van der Waals surface area contributed by atoms with Crippen LogP contribution in [-0.2, 0) is 11.2 Å². The Balaban J connectivity index is 1.44. The summed E-state index contributed by atoms with van der Waals surface area (Å²) in [7, 11) is 0. The highest BCUT2D eigenvalue weighted by Gasteiger charge is 2.28. The topological polar surface area (TPSA) is 124 Å². The Morgan fingerprint density at radius 2 is 2.00 bits per heavy atom. The maximum absolute atomic E-state index is 12.5. The van der Waals surface area contributed by atoms with Crippen molar-refractivity contribution < 1.29 is 27.5 Å². The molecule has 0 unspecified atom stereocenters. The molecule has 0 saturated carbocycles. The third-order valence-corrected chi connectivity index (χ3v) is 6.02. The summed E-state index contributed by atoms with van der Waals surface area (Å²) in [6.07, 6.45) is -2.56. The fourth-order valence-corrected chi connectivity index (χ4v) is 4.39. The lowest BCUT2D eigenvalue weighted by atomic mass is 10.1. The van der Waals surface area contributed by atoms with Crippen molar-refractivity contribution in [3.05, 3.63) is 46.9 Å². The Morgan fingerprint density at radius 3 is 2.71 bits per heavy atom. The molecule has 2 amide bonds. The van der Waals surface area contributed by atoms with Crippen molar-refractivity contribution >= 4 is 44.1 Å². The molecule has 3 aromatic heterocycles. The molecule has 0 bridgehead atoms. The normalized spacial score (nSPS) is 11.8. The number of aryl methyl sites for hydroxylation is 2. The summed E-state index contributed by atoms with van der Waals surface area (Å²) in [5.74, 6) is -0.841. The minimum Gasteiger partial charge on any atom is -0.484 e. The van der Waals surface area contributed by atoms with Crippen LogP contribution in [0.15, 0.2) is 24.4 Å². The molecule has 178 valence electrons. The number of aromatic nitrogens is 4. The Kier molecular flexibility index (Phi) is 6.13. The lowest BCUT2D eigenvalue weighted by molar-refractivity contribution is -0.153. The minimum atomic E-state index is -4.43. The Labute approximate surface area is 194 Å². The zero-order valence-corrected chi connectivity index (χ0v) is 18.9. The number of primary amides is 1. The van der Waals surface area contributed by atoms with Gasteiger partial charge in [-0.25, -0.2) is 14.5 Å². The SMILES string of the molecule is Cc1nc2c(C(N)=O)cnn2c(C)c1CCC(=O)Nc1nc2ccc(OCC(F)(F)F)cc2s1. The van der Waals surface area contributed by atoms with Crippen LogP contribution in [0.5, 0.6) is 5.75 Å². The van der Waals surface area contributed by atoms with Crippen molar-refractivity contribution in [1.29, 1.82) is 0 Å². The number of carbonyl (C=O) groups is 2. The Morgan fingerprint density at radius 1 is 1.24 bits per heavy atom. The second-order valence-corrected chi connectivity index (χ2v) is 8.55. The zero-order chi connectivity index (χ0) is 24.6. The van der Waals surface area contributed by atoms with E-state index in [0.717, 1.165) is 22.6 Å². The number of rotatable bonds is 7. The number of nitrogens with two attached hydrogens (primary N) is 1. The number of amides is 2. The largest absolute Gasteiger partial charge is 0.484 e. The molecule has 0 atom stereocenters. The van der Waals surface area contributed by atoms with Crippen LogP contribution >= 0.6 is 11.3 Å². The molecule has 4 rings (SSSR count). The number of ether oxygens (including phenoxy) is 1. The molecular weight excluding hydrogens is 473 g/mol. The average molecular weight is 492 g/mol. The molecule has 0 aliphatic rings. The number of fused-ring (bicyclic) bond motifs is 2.